The molecule has 0 atom stereocenters. The number of nitrogens with zero attached hydrogens (tertiary/aromatic N) is 12. The zero-order valence-corrected chi connectivity index (χ0v) is 90.6. The quantitative estimate of drug-likeness (QED) is 0.0151. The van der Waals surface area contributed by atoms with Gasteiger partial charge in [0.1, 0.15) is 47.4 Å². The molecule has 0 unspecified atom stereocenters. The van der Waals surface area contributed by atoms with Crippen LogP contribution in [0.15, 0.2) is 388 Å². The summed E-state index contributed by atoms with van der Waals surface area (Å²) in [4.78, 5) is -1.51. The van der Waals surface area contributed by atoms with Gasteiger partial charge in [0.2, 0.25) is 0 Å². The Labute approximate surface area is 913 Å². The molecule has 16 aromatic carbocycles. The summed E-state index contributed by atoms with van der Waals surface area (Å²) in [5.41, 5.74) is 12.5. The maximum atomic E-state index is 12.9. The first kappa shape index (κ1) is 117. The van der Waals surface area contributed by atoms with Crippen LogP contribution in [-0.2, 0) is 65.6 Å². The molecule has 0 amide bonds. The number of aromatic hydroxyl groups is 3. The van der Waals surface area contributed by atoms with Crippen molar-refractivity contribution in [1.82, 2.24) is 0 Å². The molecule has 0 bridgehead atoms. The fourth-order valence-corrected chi connectivity index (χ4v) is 19.4. The van der Waals surface area contributed by atoms with Gasteiger partial charge in [0.05, 0.1) is 97.8 Å². The maximum Gasteiger partial charge on any atom is 1.00 e. The zero-order valence-electron chi connectivity index (χ0n) is 79.7. The molecule has 0 saturated carbocycles. The van der Waals surface area contributed by atoms with Crippen LogP contribution in [0, 0.1) is 48.5 Å². The van der Waals surface area contributed by atoms with E-state index in [1.54, 1.807) is 195 Å². The van der Waals surface area contributed by atoms with Crippen LogP contribution in [0.4, 0.5) is 102 Å². The summed E-state index contributed by atoms with van der Waals surface area (Å²) in [5, 5.41) is 94.7. The van der Waals surface area contributed by atoms with Crippen molar-refractivity contribution in [2.75, 3.05) is 27.5 Å². The molecule has 16 rings (SSSR count). The Morgan fingerprint density at radius 2 is 0.493 bits per heavy atom. The Kier molecular flexibility index (Phi) is 40.1. The monoisotopic (exact) mass is 2100 g/mol. The number of aryl methyl sites for hydroxylation is 7. The topological polar surface area (TPSA) is 519 Å². The summed E-state index contributed by atoms with van der Waals surface area (Å²) in [6.45, 7) is 15.6. The van der Waals surface area contributed by atoms with Crippen molar-refractivity contribution in [3.63, 3.8) is 0 Å². The normalized spacial score (nSPS) is 11.9. The smallest absolute Gasteiger partial charge is 0.744 e. The van der Waals surface area contributed by atoms with E-state index in [-0.39, 0.29) is 141 Å². The van der Waals surface area contributed by atoms with Gasteiger partial charge >= 0.3 is 88.7 Å². The minimum Gasteiger partial charge on any atom is -0.744 e. The minimum atomic E-state index is -5.05. The van der Waals surface area contributed by atoms with E-state index < -0.39 is 109 Å². The Morgan fingerprint density at radius 3 is 0.726 bits per heavy atom. The van der Waals surface area contributed by atoms with E-state index in [0.29, 0.717) is 134 Å². The summed E-state index contributed by atoms with van der Waals surface area (Å²) in [6.07, 6.45) is 0. The van der Waals surface area contributed by atoms with E-state index in [4.69, 9.17) is 0 Å². The average Bonchev–Trinajstić information content (AvgIpc) is 0.768. The summed E-state index contributed by atoms with van der Waals surface area (Å²) in [7, 11) is -25.3. The van der Waals surface area contributed by atoms with Crippen LogP contribution in [0.25, 0.3) is 32.3 Å². The number of rotatable bonds is 28. The molecule has 0 spiro atoms. The summed E-state index contributed by atoms with van der Waals surface area (Å²) < 4.78 is 184. The van der Waals surface area contributed by atoms with Gasteiger partial charge in [-0.05, 0) is 322 Å². The number of hydrogen-bond acceptors (Lipinski definition) is 33. The molecule has 33 nitrogen and oxygen atoms in total. The number of azo groups is 6. The van der Waals surface area contributed by atoms with E-state index in [9.17, 15) is 79.5 Å². The third-order valence-corrected chi connectivity index (χ3v) is 29.9. The number of sulfone groups is 3. The number of benzene rings is 16. The van der Waals surface area contributed by atoms with Crippen LogP contribution in [0.1, 0.15) is 73.2 Å². The molecule has 0 fully saturated rings. The molecular weight excluding hydrogens is 2010 g/mol. The molecule has 734 valence electrons. The molecule has 0 heterocycles. The van der Waals surface area contributed by atoms with Crippen LogP contribution in [0.5, 0.6) is 17.2 Å². The van der Waals surface area contributed by atoms with Crippen LogP contribution in [-0.4, -0.2) is 91.0 Å². The third-order valence-electron chi connectivity index (χ3n) is 22.1. The van der Waals surface area contributed by atoms with Crippen molar-refractivity contribution in [1.29, 1.82) is 0 Å². The van der Waals surface area contributed by atoms with Crippen LogP contribution < -0.4 is 105 Å². The summed E-state index contributed by atoms with van der Waals surface area (Å²) in [6, 6.07) is 82.1. The van der Waals surface area contributed by atoms with Gasteiger partial charge in [-0.15, -0.1) is 15.3 Å². The molecule has 6 N–H and O–H groups in total. The number of anilines is 6. The second kappa shape index (κ2) is 50.1. The average molecular weight is 2110 g/mol. The van der Waals surface area contributed by atoms with Gasteiger partial charge in [0.25, 0.3) is 0 Å². The molecule has 0 aliphatic carbocycles. The molecule has 0 saturated heterocycles. The van der Waals surface area contributed by atoms with E-state index in [2.05, 4.69) is 77.3 Å². The molecule has 146 heavy (non-hydrogen) atoms. The van der Waals surface area contributed by atoms with E-state index in [1.807, 2.05) is 110 Å². The molecule has 42 heteroatoms. The molecule has 0 aliphatic rings. The first-order valence-electron chi connectivity index (χ1n) is 43.1. The van der Waals surface area contributed by atoms with E-state index in [1.165, 1.54) is 54.6 Å². The summed E-state index contributed by atoms with van der Waals surface area (Å²) in [5.74, 6) is -1.59. The van der Waals surface area contributed by atoms with Crippen LogP contribution in [0.2, 0.25) is 0 Å². The second-order valence-electron chi connectivity index (χ2n) is 32.4. The zero-order chi connectivity index (χ0) is 101. The van der Waals surface area contributed by atoms with Gasteiger partial charge in [0.15, 0.2) is 46.8 Å². The first-order chi connectivity index (χ1) is 67.0. The van der Waals surface area contributed by atoms with Crippen LogP contribution in [0.3, 0.4) is 0 Å². The Hall–Kier alpha value is -12.7. The summed E-state index contributed by atoms with van der Waals surface area (Å²) >= 11 is 0. The number of para-hydroxylation sites is 3. The van der Waals surface area contributed by atoms with Gasteiger partial charge in [-0.25, -0.2) is 50.5 Å². The van der Waals surface area contributed by atoms with Gasteiger partial charge in [-0.1, -0.05) is 113 Å². The Balaban J connectivity index is 0.000000240. The van der Waals surface area contributed by atoms with E-state index in [0.717, 1.165) is 22.6 Å². The van der Waals surface area contributed by atoms with Gasteiger partial charge in [0, 0.05) is 50.3 Å². The van der Waals surface area contributed by atoms with Crippen molar-refractivity contribution in [3.8, 4) is 17.2 Å². The van der Waals surface area contributed by atoms with Crippen molar-refractivity contribution in [2.45, 2.75) is 112 Å². The van der Waals surface area contributed by atoms with Gasteiger partial charge in [-0.3, -0.25) is 0 Å². The van der Waals surface area contributed by atoms with Crippen molar-refractivity contribution in [3.05, 3.63) is 342 Å². The number of phenols is 3. The fraction of sp³-hybridized carbons (Fsp3) is 0.135. The Bertz CT molecular complexity index is 8180. The van der Waals surface area contributed by atoms with Gasteiger partial charge < -0.3 is 44.9 Å². The number of fused-ring (bicyclic) bond motifs is 3. The number of hydrogen-bond donors (Lipinski definition) is 6. The van der Waals surface area contributed by atoms with E-state index >= 15 is 0 Å². The fourth-order valence-electron chi connectivity index (χ4n) is 14.3. The predicted octanol–water partition coefficient (Wildman–Crippen LogP) is 19.1. The predicted molar refractivity (Wildman–Crippen MR) is 553 cm³/mol. The number of phenolic OH excluding ortho intramolecular Hbond substituents is 3. The molecule has 16 aromatic rings. The Morgan fingerprint density at radius 1 is 0.260 bits per heavy atom. The molecule has 0 aromatic heterocycles. The van der Waals surface area contributed by atoms with Crippen molar-refractivity contribution in [2.24, 2.45) is 61.4 Å². The van der Waals surface area contributed by atoms with Crippen molar-refractivity contribution >= 4 is 195 Å². The number of nitrogens with one attached hydrogen (secondary N) is 3. The standard InChI is InChI=1S/C38H33N5O6S2.2C32H29N5O6S2.2CH4.3Na/c1-24-9-11-27(12-10-24)23-50(45,46)32-16-13-30(14-17-32)40-41-34-19-26(3)35(20-25(34)2)42-43-37-36(51(47,48)49)22-28-21-31(15-18-33(28)38(37)44)39-29-7-5-4-6-8-29;2*1-4-44(39,40)26-13-10-24(11-14-26)34-35-28-16-21(3)29(17-20(28)2)36-37-31-30(45(41,42)43)19-22-18-25(12-15-27(22)32(31)38)33-23-8-6-5-7-9-23;;;;;/h4-22,39,44H,23H2,1-3H3,(H,47,48,49);2*5-19,33,38H,4H2,1-3H3,(H,41,42,43);2*1H4;;;/q;;;;;3*+1/p-3. The van der Waals surface area contributed by atoms with Crippen LogP contribution >= 0.6 is 0 Å². The molecular formula is C104H96N15Na3O18S6. The van der Waals surface area contributed by atoms with Crippen molar-refractivity contribution < 1.29 is 168 Å². The molecule has 0 radical (unpaired) electrons. The largest absolute Gasteiger partial charge is 1.00 e. The van der Waals surface area contributed by atoms with Gasteiger partial charge in [-0.2, -0.15) is 46.0 Å². The third kappa shape index (κ3) is 29.4. The second-order valence-corrected chi connectivity index (χ2v) is 43.0. The molecule has 0 aliphatic heterocycles. The SMILES string of the molecule is C.C.CCS(=O)(=O)c1ccc(N=Nc2cc(C)c(N=Nc3c(S(=O)(=O)[O-])cc4cc(Nc5ccccc5)ccc4c3O)cc2C)cc1.CCS(=O)(=O)c1ccc(N=Nc2cc(C)c(N=Nc3c(S(=O)(=O)[O-])cc4cc(Nc5ccccc5)ccc4c3O)cc2C)cc1.Cc1ccc(CS(=O)(=O)c2ccc(N=Nc3cc(C)c(N=Nc4c(S(=O)(=O)[O-])cc5cc(Nc6ccccc6)ccc5c4O)cc3C)cc2)cc1.[Na+].[Na+].[Na+]. The first-order valence-corrected chi connectivity index (χ1v) is 52.3. The minimum absolute atomic E-state index is 0. The maximum absolute atomic E-state index is 12.9.